The van der Waals surface area contributed by atoms with Crippen LogP contribution in [0.1, 0.15) is 21.6 Å². The number of pyridine rings is 1. The fourth-order valence-electron chi connectivity index (χ4n) is 2.60. The summed E-state index contributed by atoms with van der Waals surface area (Å²) in [6.45, 7) is 0. The van der Waals surface area contributed by atoms with E-state index < -0.39 is 0 Å². The molecule has 3 aromatic rings. The smallest absolute Gasteiger partial charge is 0.338 e. The summed E-state index contributed by atoms with van der Waals surface area (Å²) < 4.78 is 11.7. The monoisotopic (exact) mass is 325 g/mol. The number of esters is 1. The summed E-state index contributed by atoms with van der Waals surface area (Å²) in [7, 11) is 3.00. The minimum absolute atomic E-state index is 0.390. The lowest BCUT2D eigenvalue weighted by atomic mass is 10.1. The number of rotatable bonds is 5. The minimum Gasteiger partial charge on any atom is -0.497 e. The Kier molecular flexibility index (Phi) is 4.37. The maximum Gasteiger partial charge on any atom is 0.338 e. The zero-order chi connectivity index (χ0) is 17.1. The molecule has 0 atom stereocenters. The van der Waals surface area contributed by atoms with Crippen molar-refractivity contribution in [2.45, 2.75) is 12.8 Å². The van der Waals surface area contributed by atoms with E-state index in [9.17, 15) is 4.79 Å². The Balaban J connectivity index is 1.81. The number of carbonyl (C=O) groups is 1. The van der Waals surface area contributed by atoms with Gasteiger partial charge in [-0.15, -0.1) is 0 Å². The van der Waals surface area contributed by atoms with Crippen LogP contribution < -0.4 is 10.5 Å². The molecule has 1 aromatic carbocycles. The van der Waals surface area contributed by atoms with Crippen LogP contribution in [0.2, 0.25) is 0 Å². The minimum atomic E-state index is -0.390. The highest BCUT2D eigenvalue weighted by molar-refractivity contribution is 5.90. The van der Waals surface area contributed by atoms with Crippen molar-refractivity contribution in [3.8, 4) is 5.75 Å². The molecule has 0 fully saturated rings. The lowest BCUT2D eigenvalue weighted by Crippen LogP contribution is -2.02. The first-order valence-corrected chi connectivity index (χ1v) is 7.60. The van der Waals surface area contributed by atoms with E-state index in [1.54, 1.807) is 29.8 Å². The van der Waals surface area contributed by atoms with Gasteiger partial charge in [0.25, 0.3) is 0 Å². The largest absolute Gasteiger partial charge is 0.497 e. The third-order valence-corrected chi connectivity index (χ3v) is 3.97. The van der Waals surface area contributed by atoms with Crippen LogP contribution in [0.4, 0.5) is 5.82 Å². The van der Waals surface area contributed by atoms with Crippen molar-refractivity contribution in [2.75, 3.05) is 20.0 Å². The number of hydrogen-bond donors (Lipinski definition) is 1. The molecule has 6 nitrogen and oxygen atoms in total. The Hall–Kier alpha value is -3.02. The second-order valence-electron chi connectivity index (χ2n) is 5.43. The first-order chi connectivity index (χ1) is 11.6. The Morgan fingerprint density at radius 2 is 1.92 bits per heavy atom. The van der Waals surface area contributed by atoms with Crippen LogP contribution in [-0.4, -0.2) is 29.6 Å². The first-order valence-electron chi connectivity index (χ1n) is 7.60. The third kappa shape index (κ3) is 3.03. The molecule has 0 aliphatic carbocycles. The molecule has 0 saturated heterocycles. The number of hydrogen-bond acceptors (Lipinski definition) is 5. The average Bonchev–Trinajstić information content (AvgIpc) is 2.95. The summed E-state index contributed by atoms with van der Waals surface area (Å²) in [5.74, 6) is 1.04. The average molecular weight is 325 g/mol. The number of aromatic nitrogens is 2. The molecule has 0 unspecified atom stereocenters. The highest BCUT2D eigenvalue weighted by atomic mass is 16.5. The van der Waals surface area contributed by atoms with Crippen LogP contribution in [-0.2, 0) is 17.6 Å². The van der Waals surface area contributed by atoms with Crippen LogP contribution in [0, 0.1) is 0 Å². The van der Waals surface area contributed by atoms with Crippen LogP contribution in [0.15, 0.2) is 42.6 Å². The number of fused-ring (bicyclic) bond motifs is 1. The highest BCUT2D eigenvalue weighted by Crippen LogP contribution is 2.19. The second-order valence-corrected chi connectivity index (χ2v) is 5.43. The van der Waals surface area contributed by atoms with Gasteiger partial charge in [-0.3, -0.25) is 4.40 Å². The topological polar surface area (TPSA) is 78.9 Å². The predicted molar refractivity (Wildman–Crippen MR) is 91.3 cm³/mol. The summed E-state index contributed by atoms with van der Waals surface area (Å²) >= 11 is 0. The molecule has 3 rings (SSSR count). The molecule has 0 aliphatic heterocycles. The molecule has 0 amide bonds. The van der Waals surface area contributed by atoms with Gasteiger partial charge in [0.05, 0.1) is 25.5 Å². The van der Waals surface area contributed by atoms with Crippen LogP contribution in [0.3, 0.4) is 0 Å². The number of nitrogens with two attached hydrogens (primary N) is 1. The standard InChI is InChI=1S/C18H19N3O3/c1-23-14-6-3-12(4-7-14)5-8-15-17(19)21-10-9-13(18(22)24-2)11-16(21)20-15/h3-4,6-7,9-11H,5,8,19H2,1-2H3. The van der Waals surface area contributed by atoms with Gasteiger partial charge >= 0.3 is 5.97 Å². The molecule has 0 radical (unpaired) electrons. The SMILES string of the molecule is COC(=O)c1ccn2c(N)c(CCc3ccc(OC)cc3)nc2c1. The van der Waals surface area contributed by atoms with Gasteiger partial charge in [0.2, 0.25) is 0 Å². The van der Waals surface area contributed by atoms with Gasteiger partial charge in [-0.25, -0.2) is 9.78 Å². The molecule has 6 heteroatoms. The number of methoxy groups -OCH3 is 2. The lowest BCUT2D eigenvalue weighted by Gasteiger charge is -2.03. The Labute approximate surface area is 139 Å². The molecule has 2 N–H and O–H groups in total. The Bertz CT molecular complexity index is 869. The molecule has 0 spiro atoms. The van der Waals surface area contributed by atoms with E-state index in [2.05, 4.69) is 4.98 Å². The van der Waals surface area contributed by atoms with E-state index in [-0.39, 0.29) is 5.97 Å². The normalized spacial score (nSPS) is 10.8. The zero-order valence-corrected chi connectivity index (χ0v) is 13.7. The van der Waals surface area contributed by atoms with Gasteiger partial charge in [-0.1, -0.05) is 12.1 Å². The van der Waals surface area contributed by atoms with Crippen molar-refractivity contribution in [1.82, 2.24) is 9.38 Å². The number of ether oxygens (including phenoxy) is 2. The molecule has 0 saturated carbocycles. The highest BCUT2D eigenvalue weighted by Gasteiger charge is 2.12. The van der Waals surface area contributed by atoms with Crippen molar-refractivity contribution < 1.29 is 14.3 Å². The van der Waals surface area contributed by atoms with Crippen molar-refractivity contribution >= 4 is 17.4 Å². The summed E-state index contributed by atoms with van der Waals surface area (Å²) in [5, 5.41) is 0. The van der Waals surface area contributed by atoms with Gasteiger partial charge in [-0.05, 0) is 42.7 Å². The van der Waals surface area contributed by atoms with Crippen LogP contribution in [0.5, 0.6) is 5.75 Å². The number of nitrogens with zero attached hydrogens (tertiary/aromatic N) is 2. The maximum atomic E-state index is 11.6. The van der Waals surface area contributed by atoms with Crippen LogP contribution in [0.25, 0.3) is 5.65 Å². The predicted octanol–water partition coefficient (Wildman–Crippen LogP) is 2.50. The van der Waals surface area contributed by atoms with Crippen molar-refractivity contribution in [3.63, 3.8) is 0 Å². The third-order valence-electron chi connectivity index (χ3n) is 3.97. The van der Waals surface area contributed by atoms with Crippen molar-refractivity contribution in [3.05, 3.63) is 59.4 Å². The molecule has 2 heterocycles. The quantitative estimate of drug-likeness (QED) is 0.729. The number of carbonyl (C=O) groups excluding carboxylic acids is 1. The molecular weight excluding hydrogens is 306 g/mol. The fourth-order valence-corrected chi connectivity index (χ4v) is 2.60. The maximum absolute atomic E-state index is 11.6. The molecule has 2 aromatic heterocycles. The molecule has 0 aliphatic rings. The number of nitrogen functional groups attached to an aromatic ring is 1. The van der Waals surface area contributed by atoms with Gasteiger partial charge in [-0.2, -0.15) is 0 Å². The van der Waals surface area contributed by atoms with E-state index in [0.29, 0.717) is 23.4 Å². The molecular formula is C18H19N3O3. The number of aryl methyl sites for hydroxylation is 2. The Morgan fingerprint density at radius 1 is 1.17 bits per heavy atom. The summed E-state index contributed by atoms with van der Waals surface area (Å²) in [6.07, 6.45) is 3.27. The van der Waals surface area contributed by atoms with E-state index in [1.807, 2.05) is 24.3 Å². The number of benzene rings is 1. The fraction of sp³-hybridized carbons (Fsp3) is 0.222. The van der Waals surface area contributed by atoms with Gasteiger partial charge in [0, 0.05) is 6.20 Å². The van der Waals surface area contributed by atoms with Gasteiger partial charge in [0.1, 0.15) is 17.2 Å². The lowest BCUT2D eigenvalue weighted by molar-refractivity contribution is 0.0600. The van der Waals surface area contributed by atoms with E-state index in [0.717, 1.165) is 17.9 Å². The number of anilines is 1. The molecule has 0 bridgehead atoms. The van der Waals surface area contributed by atoms with Crippen LogP contribution >= 0.6 is 0 Å². The summed E-state index contributed by atoms with van der Waals surface area (Å²) in [5.41, 5.74) is 9.26. The van der Waals surface area contributed by atoms with E-state index in [1.165, 1.54) is 12.7 Å². The summed E-state index contributed by atoms with van der Waals surface area (Å²) in [6, 6.07) is 11.3. The van der Waals surface area contributed by atoms with E-state index in [4.69, 9.17) is 15.2 Å². The van der Waals surface area contributed by atoms with E-state index >= 15 is 0 Å². The van der Waals surface area contributed by atoms with Crippen molar-refractivity contribution in [2.24, 2.45) is 0 Å². The Morgan fingerprint density at radius 3 is 2.58 bits per heavy atom. The van der Waals surface area contributed by atoms with Gasteiger partial charge < -0.3 is 15.2 Å². The summed E-state index contributed by atoms with van der Waals surface area (Å²) in [4.78, 5) is 16.2. The van der Waals surface area contributed by atoms with Crippen molar-refractivity contribution in [1.29, 1.82) is 0 Å². The zero-order valence-electron chi connectivity index (χ0n) is 13.7. The second kappa shape index (κ2) is 6.62. The number of imidazole rings is 1. The molecule has 24 heavy (non-hydrogen) atoms. The first kappa shape index (κ1) is 15.9. The van der Waals surface area contributed by atoms with Gasteiger partial charge in [0.15, 0.2) is 0 Å². The molecule has 124 valence electrons.